The standard InChI is InChI=1S/C18H29N3O3/c1-15(23-16-10-8-7-9-11-16)14-21(19-5)13-12-20(6)17(22)24-18(2,3)4/h7-11,15H,5,12-14H2,1-4,6H3. The van der Waals surface area contributed by atoms with E-state index in [-0.39, 0.29) is 12.2 Å². The normalized spacial score (nSPS) is 12.2. The van der Waals surface area contributed by atoms with E-state index < -0.39 is 5.60 Å². The van der Waals surface area contributed by atoms with Gasteiger partial charge in [0.2, 0.25) is 0 Å². The van der Waals surface area contributed by atoms with Gasteiger partial charge >= 0.3 is 6.09 Å². The van der Waals surface area contributed by atoms with E-state index in [1.807, 2.05) is 58.0 Å². The van der Waals surface area contributed by atoms with E-state index in [9.17, 15) is 4.79 Å². The van der Waals surface area contributed by atoms with Crippen LogP contribution in [0.4, 0.5) is 4.79 Å². The van der Waals surface area contributed by atoms with E-state index in [1.165, 1.54) is 4.90 Å². The van der Waals surface area contributed by atoms with Crippen molar-refractivity contribution in [2.24, 2.45) is 5.10 Å². The van der Waals surface area contributed by atoms with E-state index in [1.54, 1.807) is 12.1 Å². The first kappa shape index (κ1) is 19.8. The average molecular weight is 335 g/mol. The minimum absolute atomic E-state index is 0.0512. The molecule has 0 heterocycles. The van der Waals surface area contributed by atoms with Crippen molar-refractivity contribution in [1.82, 2.24) is 9.91 Å². The molecule has 134 valence electrons. The second kappa shape index (κ2) is 9.15. The van der Waals surface area contributed by atoms with Crippen LogP contribution in [0.25, 0.3) is 0 Å². The second-order valence-corrected chi connectivity index (χ2v) is 6.70. The predicted octanol–water partition coefficient (Wildman–Crippen LogP) is 3.24. The van der Waals surface area contributed by atoms with E-state index in [0.29, 0.717) is 19.6 Å². The van der Waals surface area contributed by atoms with Crippen molar-refractivity contribution in [3.8, 4) is 5.75 Å². The molecule has 1 atom stereocenters. The van der Waals surface area contributed by atoms with Crippen LogP contribution in [-0.2, 0) is 4.74 Å². The van der Waals surface area contributed by atoms with Gasteiger partial charge in [0, 0.05) is 20.3 Å². The van der Waals surface area contributed by atoms with Gasteiger partial charge in [0.05, 0.1) is 13.1 Å². The third kappa shape index (κ3) is 7.85. The Morgan fingerprint density at radius 2 is 1.88 bits per heavy atom. The Labute approximate surface area is 145 Å². The summed E-state index contributed by atoms with van der Waals surface area (Å²) in [6, 6.07) is 9.64. The van der Waals surface area contributed by atoms with Crippen molar-refractivity contribution in [3.63, 3.8) is 0 Å². The van der Waals surface area contributed by atoms with Crippen LogP contribution in [0, 0.1) is 0 Å². The lowest BCUT2D eigenvalue weighted by Gasteiger charge is -2.27. The number of nitrogens with zero attached hydrogens (tertiary/aromatic N) is 3. The third-order valence-corrected chi connectivity index (χ3v) is 3.15. The highest BCUT2D eigenvalue weighted by Crippen LogP contribution is 2.12. The molecule has 24 heavy (non-hydrogen) atoms. The van der Waals surface area contributed by atoms with Crippen LogP contribution in [0.3, 0.4) is 0 Å². The van der Waals surface area contributed by atoms with Gasteiger partial charge in [0.15, 0.2) is 0 Å². The molecule has 0 aliphatic rings. The topological polar surface area (TPSA) is 54.4 Å². The van der Waals surface area contributed by atoms with Gasteiger partial charge < -0.3 is 14.4 Å². The minimum atomic E-state index is -0.500. The SMILES string of the molecule is C=NN(CCN(C)C(=O)OC(C)(C)C)CC(C)Oc1ccccc1. The van der Waals surface area contributed by atoms with Gasteiger partial charge in [0.1, 0.15) is 17.5 Å². The zero-order valence-corrected chi connectivity index (χ0v) is 15.4. The molecule has 0 fully saturated rings. The number of amides is 1. The van der Waals surface area contributed by atoms with Crippen molar-refractivity contribution < 1.29 is 14.3 Å². The van der Waals surface area contributed by atoms with Gasteiger partial charge in [-0.1, -0.05) is 18.2 Å². The molecule has 6 heteroatoms. The van der Waals surface area contributed by atoms with Gasteiger partial charge in [-0.15, -0.1) is 0 Å². The number of carbonyl (C=O) groups excluding carboxylic acids is 1. The zero-order chi connectivity index (χ0) is 18.2. The molecule has 1 rings (SSSR count). The van der Waals surface area contributed by atoms with Crippen LogP contribution in [0.5, 0.6) is 5.75 Å². The Kier molecular flexibility index (Phi) is 7.55. The summed E-state index contributed by atoms with van der Waals surface area (Å²) in [4.78, 5) is 13.5. The summed E-state index contributed by atoms with van der Waals surface area (Å²) in [5.41, 5.74) is -0.500. The molecule has 1 amide bonds. The van der Waals surface area contributed by atoms with E-state index >= 15 is 0 Å². The summed E-state index contributed by atoms with van der Waals surface area (Å²) in [6.07, 6.45) is -0.398. The molecular weight excluding hydrogens is 306 g/mol. The van der Waals surface area contributed by atoms with Crippen molar-refractivity contribution in [2.45, 2.75) is 39.4 Å². The van der Waals surface area contributed by atoms with Crippen LogP contribution in [0.1, 0.15) is 27.7 Å². The largest absolute Gasteiger partial charge is 0.489 e. The number of rotatable bonds is 8. The number of carbonyl (C=O) groups is 1. The number of hydrogen-bond acceptors (Lipinski definition) is 5. The van der Waals surface area contributed by atoms with Gasteiger partial charge in [-0.05, 0) is 39.8 Å². The molecule has 0 aliphatic carbocycles. The molecule has 1 aromatic carbocycles. The van der Waals surface area contributed by atoms with Crippen LogP contribution in [0.2, 0.25) is 0 Å². The molecule has 0 radical (unpaired) electrons. The number of hydrogen-bond donors (Lipinski definition) is 0. The van der Waals surface area contributed by atoms with Crippen molar-refractivity contribution in [1.29, 1.82) is 0 Å². The quantitative estimate of drug-likeness (QED) is 0.540. The van der Waals surface area contributed by atoms with Crippen molar-refractivity contribution >= 4 is 12.8 Å². The second-order valence-electron chi connectivity index (χ2n) is 6.70. The molecule has 0 saturated heterocycles. The number of likely N-dealkylation sites (N-methyl/N-ethyl adjacent to an activating group) is 1. The predicted molar refractivity (Wildman–Crippen MR) is 96.5 cm³/mol. The first-order valence-electron chi connectivity index (χ1n) is 8.08. The summed E-state index contributed by atoms with van der Waals surface area (Å²) >= 11 is 0. The monoisotopic (exact) mass is 335 g/mol. The lowest BCUT2D eigenvalue weighted by Crippen LogP contribution is -2.40. The maximum Gasteiger partial charge on any atom is 0.410 e. The van der Waals surface area contributed by atoms with Crippen LogP contribution in [-0.4, -0.2) is 61.1 Å². The summed E-state index contributed by atoms with van der Waals surface area (Å²) in [7, 11) is 1.71. The molecule has 0 aliphatic heterocycles. The Morgan fingerprint density at radius 3 is 2.42 bits per heavy atom. The molecule has 0 spiro atoms. The van der Waals surface area contributed by atoms with Gasteiger partial charge in [0.25, 0.3) is 0 Å². The zero-order valence-electron chi connectivity index (χ0n) is 15.4. The molecule has 0 aromatic heterocycles. The molecule has 0 saturated carbocycles. The molecule has 6 nitrogen and oxygen atoms in total. The Hall–Kier alpha value is -2.24. The van der Waals surface area contributed by atoms with Gasteiger partial charge in [-0.25, -0.2) is 4.79 Å². The van der Waals surface area contributed by atoms with Crippen molar-refractivity contribution in [3.05, 3.63) is 30.3 Å². The first-order chi connectivity index (χ1) is 11.2. The lowest BCUT2D eigenvalue weighted by molar-refractivity contribution is 0.0278. The Morgan fingerprint density at radius 1 is 1.25 bits per heavy atom. The summed E-state index contributed by atoms with van der Waals surface area (Å²) < 4.78 is 11.2. The smallest absolute Gasteiger partial charge is 0.410 e. The number of para-hydroxylation sites is 1. The maximum atomic E-state index is 11.9. The summed E-state index contributed by atoms with van der Waals surface area (Å²) in [5, 5.41) is 5.79. The fourth-order valence-corrected chi connectivity index (χ4v) is 1.98. The van der Waals surface area contributed by atoms with E-state index in [4.69, 9.17) is 9.47 Å². The number of ether oxygens (including phenoxy) is 2. The van der Waals surface area contributed by atoms with Crippen LogP contribution >= 0.6 is 0 Å². The molecule has 1 unspecified atom stereocenters. The third-order valence-electron chi connectivity index (χ3n) is 3.15. The summed E-state index contributed by atoms with van der Waals surface area (Å²) in [5.74, 6) is 0.819. The molecule has 0 N–H and O–H groups in total. The highest BCUT2D eigenvalue weighted by Gasteiger charge is 2.20. The fourth-order valence-electron chi connectivity index (χ4n) is 1.98. The molecular formula is C18H29N3O3. The highest BCUT2D eigenvalue weighted by atomic mass is 16.6. The molecule has 0 bridgehead atoms. The Balaban J connectivity index is 2.41. The lowest BCUT2D eigenvalue weighted by atomic mass is 10.2. The van der Waals surface area contributed by atoms with Crippen molar-refractivity contribution in [2.75, 3.05) is 26.7 Å². The fraction of sp³-hybridized carbons (Fsp3) is 0.556. The highest BCUT2D eigenvalue weighted by molar-refractivity contribution is 5.67. The average Bonchev–Trinajstić information content (AvgIpc) is 2.50. The van der Waals surface area contributed by atoms with Crippen LogP contribution in [0.15, 0.2) is 35.4 Å². The van der Waals surface area contributed by atoms with E-state index in [0.717, 1.165) is 5.75 Å². The first-order valence-corrected chi connectivity index (χ1v) is 8.08. The minimum Gasteiger partial charge on any atom is -0.489 e. The van der Waals surface area contributed by atoms with Gasteiger partial charge in [-0.3, -0.25) is 5.01 Å². The van der Waals surface area contributed by atoms with Gasteiger partial charge in [-0.2, -0.15) is 5.10 Å². The molecule has 1 aromatic rings. The maximum absolute atomic E-state index is 11.9. The number of benzene rings is 1. The summed E-state index contributed by atoms with van der Waals surface area (Å²) in [6.45, 7) is 12.7. The number of hydrazone groups is 1. The van der Waals surface area contributed by atoms with Crippen LogP contribution < -0.4 is 4.74 Å². The Bertz CT molecular complexity index is 514. The van der Waals surface area contributed by atoms with E-state index in [2.05, 4.69) is 11.8 Å².